The van der Waals surface area contributed by atoms with E-state index in [0.29, 0.717) is 16.7 Å². The molecule has 0 radical (unpaired) electrons. The van der Waals surface area contributed by atoms with Gasteiger partial charge >= 0.3 is 0 Å². The molecule has 0 aliphatic rings. The number of hydrogen-bond acceptors (Lipinski definition) is 3. The zero-order valence-corrected chi connectivity index (χ0v) is 17.3. The fraction of sp³-hybridized carbons (Fsp3) is 0.409. The molecule has 27 heavy (non-hydrogen) atoms. The highest BCUT2D eigenvalue weighted by Crippen LogP contribution is 2.25. The lowest BCUT2D eigenvalue weighted by atomic mass is 9.96. The Morgan fingerprint density at radius 1 is 1.07 bits per heavy atom. The van der Waals surface area contributed by atoms with E-state index in [1.165, 1.54) is 0 Å². The van der Waals surface area contributed by atoms with Crippen molar-refractivity contribution in [3.05, 3.63) is 58.6 Å². The minimum atomic E-state index is -0.613. The van der Waals surface area contributed by atoms with Crippen molar-refractivity contribution >= 4 is 17.5 Å². The number of halogens is 1. The third kappa shape index (κ3) is 6.17. The number of nitrogens with one attached hydrogen (secondary N) is 1. The summed E-state index contributed by atoms with van der Waals surface area (Å²) in [6, 6.07) is 13.1. The van der Waals surface area contributed by atoms with Crippen molar-refractivity contribution in [1.82, 2.24) is 5.32 Å². The number of rotatable bonds is 8. The van der Waals surface area contributed by atoms with Gasteiger partial charge in [0, 0.05) is 5.02 Å². The van der Waals surface area contributed by atoms with Gasteiger partial charge in [-0.25, -0.2) is 0 Å². The van der Waals surface area contributed by atoms with E-state index >= 15 is 0 Å². The highest BCUT2D eigenvalue weighted by Gasteiger charge is 2.21. The first-order valence-electron chi connectivity index (χ1n) is 9.17. The lowest BCUT2D eigenvalue weighted by Crippen LogP contribution is -2.39. The molecule has 146 valence electrons. The number of benzene rings is 2. The first-order valence-corrected chi connectivity index (χ1v) is 9.55. The standard InChI is InChI=1S/C22H28ClNO3/c1-14(2)12-21(17-6-8-18(26-5)9-7-17)24-22(25)16(4)27-19-10-11-20(23)15(3)13-19/h6-11,13-14,16,21H,12H2,1-5H3,(H,24,25)/t16-,21+/m0/s1. The van der Waals surface area contributed by atoms with Gasteiger partial charge < -0.3 is 14.8 Å². The minimum absolute atomic E-state index is 0.0820. The Hall–Kier alpha value is -2.20. The van der Waals surface area contributed by atoms with Crippen molar-refractivity contribution in [1.29, 1.82) is 0 Å². The number of ether oxygens (including phenoxy) is 2. The van der Waals surface area contributed by atoms with Crippen LogP contribution in [0.25, 0.3) is 0 Å². The largest absolute Gasteiger partial charge is 0.497 e. The Kier molecular flexibility index (Phi) is 7.55. The summed E-state index contributed by atoms with van der Waals surface area (Å²) in [4.78, 5) is 12.7. The molecular formula is C22H28ClNO3. The van der Waals surface area contributed by atoms with E-state index in [1.807, 2.05) is 37.3 Å². The Bertz CT molecular complexity index is 759. The summed E-state index contributed by atoms with van der Waals surface area (Å²) in [5, 5.41) is 3.79. The number of methoxy groups -OCH3 is 1. The van der Waals surface area contributed by atoms with Crippen LogP contribution in [0.1, 0.15) is 44.4 Å². The Morgan fingerprint density at radius 2 is 1.70 bits per heavy atom. The number of hydrogen-bond donors (Lipinski definition) is 1. The first kappa shape index (κ1) is 21.1. The van der Waals surface area contributed by atoms with Gasteiger partial charge in [0.15, 0.2) is 6.10 Å². The second-order valence-corrected chi connectivity index (χ2v) is 7.54. The van der Waals surface area contributed by atoms with Crippen LogP contribution >= 0.6 is 11.6 Å². The Labute approximate surface area is 166 Å². The summed E-state index contributed by atoms with van der Waals surface area (Å²) in [6.07, 6.45) is 0.226. The molecule has 2 aromatic carbocycles. The molecule has 0 fully saturated rings. The molecule has 0 aliphatic carbocycles. The smallest absolute Gasteiger partial charge is 0.261 e. The molecule has 0 saturated heterocycles. The van der Waals surface area contributed by atoms with Crippen molar-refractivity contribution in [3.63, 3.8) is 0 Å². The first-order chi connectivity index (χ1) is 12.8. The quantitative estimate of drug-likeness (QED) is 0.663. The molecule has 0 saturated carbocycles. The van der Waals surface area contributed by atoms with Crippen LogP contribution in [0.3, 0.4) is 0 Å². The molecule has 0 bridgehead atoms. The van der Waals surface area contributed by atoms with Gasteiger partial charge in [-0.2, -0.15) is 0 Å². The molecule has 0 heterocycles. The SMILES string of the molecule is COc1ccc([C@@H](CC(C)C)NC(=O)[C@H](C)Oc2ccc(Cl)c(C)c2)cc1. The predicted octanol–water partition coefficient (Wildman–Crippen LogP) is 5.33. The summed E-state index contributed by atoms with van der Waals surface area (Å²) < 4.78 is 11.0. The lowest BCUT2D eigenvalue weighted by molar-refractivity contribution is -0.128. The van der Waals surface area contributed by atoms with Crippen molar-refractivity contribution in [3.8, 4) is 11.5 Å². The van der Waals surface area contributed by atoms with Gasteiger partial charge in [-0.05, 0) is 67.6 Å². The third-order valence-corrected chi connectivity index (χ3v) is 4.78. The van der Waals surface area contributed by atoms with Gasteiger partial charge in [-0.15, -0.1) is 0 Å². The van der Waals surface area contributed by atoms with Gasteiger partial charge in [0.25, 0.3) is 5.91 Å². The van der Waals surface area contributed by atoms with Crippen LogP contribution < -0.4 is 14.8 Å². The average molecular weight is 390 g/mol. The zero-order valence-electron chi connectivity index (χ0n) is 16.6. The van der Waals surface area contributed by atoms with E-state index in [1.54, 1.807) is 26.2 Å². The van der Waals surface area contributed by atoms with Crippen LogP contribution in [-0.2, 0) is 4.79 Å². The van der Waals surface area contributed by atoms with Crippen molar-refractivity contribution in [2.24, 2.45) is 5.92 Å². The summed E-state index contributed by atoms with van der Waals surface area (Å²) in [5.41, 5.74) is 1.96. The van der Waals surface area contributed by atoms with Crippen LogP contribution in [-0.4, -0.2) is 19.1 Å². The van der Waals surface area contributed by atoms with E-state index in [4.69, 9.17) is 21.1 Å². The molecule has 2 atom stereocenters. The molecule has 4 nitrogen and oxygen atoms in total. The van der Waals surface area contributed by atoms with Crippen LogP contribution in [0.5, 0.6) is 11.5 Å². The molecule has 1 N–H and O–H groups in total. The number of carbonyl (C=O) groups is 1. The summed E-state index contributed by atoms with van der Waals surface area (Å²) >= 11 is 6.04. The van der Waals surface area contributed by atoms with Crippen LogP contribution in [0.2, 0.25) is 5.02 Å². The van der Waals surface area contributed by atoms with E-state index in [9.17, 15) is 4.79 Å². The van der Waals surface area contributed by atoms with E-state index in [2.05, 4.69) is 19.2 Å². The fourth-order valence-electron chi connectivity index (χ4n) is 2.82. The van der Waals surface area contributed by atoms with Crippen LogP contribution in [0, 0.1) is 12.8 Å². The summed E-state index contributed by atoms with van der Waals surface area (Å²) in [7, 11) is 1.64. The predicted molar refractivity (Wildman–Crippen MR) is 110 cm³/mol. The van der Waals surface area contributed by atoms with Gasteiger partial charge in [-0.3, -0.25) is 4.79 Å². The van der Waals surface area contributed by atoms with E-state index < -0.39 is 6.10 Å². The van der Waals surface area contributed by atoms with Gasteiger partial charge in [0.05, 0.1) is 13.2 Å². The van der Waals surface area contributed by atoms with Crippen molar-refractivity contribution < 1.29 is 14.3 Å². The molecular weight excluding hydrogens is 362 g/mol. The van der Waals surface area contributed by atoms with Crippen LogP contribution in [0.15, 0.2) is 42.5 Å². The van der Waals surface area contributed by atoms with E-state index in [-0.39, 0.29) is 11.9 Å². The molecule has 0 aliphatic heterocycles. The third-order valence-electron chi connectivity index (χ3n) is 4.35. The van der Waals surface area contributed by atoms with Crippen LogP contribution in [0.4, 0.5) is 0 Å². The number of aryl methyl sites for hydroxylation is 1. The maximum absolute atomic E-state index is 12.7. The zero-order chi connectivity index (χ0) is 20.0. The number of carbonyl (C=O) groups excluding carboxylic acids is 1. The molecule has 2 rings (SSSR count). The topological polar surface area (TPSA) is 47.6 Å². The second kappa shape index (κ2) is 9.65. The van der Waals surface area contributed by atoms with Crippen molar-refractivity contribution in [2.45, 2.75) is 46.3 Å². The molecule has 5 heteroatoms. The number of amides is 1. The second-order valence-electron chi connectivity index (χ2n) is 7.13. The van der Waals surface area contributed by atoms with Gasteiger partial charge in [-0.1, -0.05) is 37.6 Å². The van der Waals surface area contributed by atoms with Gasteiger partial charge in [0.1, 0.15) is 11.5 Å². The Morgan fingerprint density at radius 3 is 2.26 bits per heavy atom. The fourth-order valence-corrected chi connectivity index (χ4v) is 2.94. The minimum Gasteiger partial charge on any atom is -0.497 e. The summed E-state index contributed by atoms with van der Waals surface area (Å²) in [5.74, 6) is 1.71. The Balaban J connectivity index is 2.07. The average Bonchev–Trinajstić information content (AvgIpc) is 2.63. The highest BCUT2D eigenvalue weighted by molar-refractivity contribution is 6.31. The van der Waals surface area contributed by atoms with E-state index in [0.717, 1.165) is 23.3 Å². The van der Waals surface area contributed by atoms with Gasteiger partial charge in [0.2, 0.25) is 0 Å². The normalized spacial score (nSPS) is 13.1. The maximum atomic E-state index is 12.7. The highest BCUT2D eigenvalue weighted by atomic mass is 35.5. The lowest BCUT2D eigenvalue weighted by Gasteiger charge is -2.24. The molecule has 0 unspecified atom stereocenters. The molecule has 0 spiro atoms. The molecule has 0 aromatic heterocycles. The molecule has 1 amide bonds. The summed E-state index contributed by atoms with van der Waals surface area (Å²) in [6.45, 7) is 7.93. The monoisotopic (exact) mass is 389 g/mol. The maximum Gasteiger partial charge on any atom is 0.261 e. The molecule has 2 aromatic rings. The van der Waals surface area contributed by atoms with Crippen molar-refractivity contribution in [2.75, 3.05) is 7.11 Å².